The third kappa shape index (κ3) is 4.12. The molecule has 0 aromatic carbocycles. The predicted octanol–water partition coefficient (Wildman–Crippen LogP) is 2.73. The van der Waals surface area contributed by atoms with Gasteiger partial charge in [0.15, 0.2) is 0 Å². The molecule has 0 aromatic rings. The first kappa shape index (κ1) is 15.4. The summed E-state index contributed by atoms with van der Waals surface area (Å²) < 4.78 is 5.15. The average Bonchev–Trinajstić information content (AvgIpc) is 2.26. The molecule has 0 saturated heterocycles. The van der Waals surface area contributed by atoms with Crippen LogP contribution in [-0.4, -0.2) is 19.1 Å². The number of esters is 1. The van der Waals surface area contributed by atoms with E-state index in [1.807, 2.05) is 13.8 Å². The second-order valence-corrected chi connectivity index (χ2v) is 4.66. The lowest BCUT2D eigenvalue weighted by atomic mass is 9.76. The maximum absolute atomic E-state index is 12.0. The Hall–Kier alpha value is -0.570. The summed E-state index contributed by atoms with van der Waals surface area (Å²) in [6.45, 7) is 9.02. The zero-order valence-corrected chi connectivity index (χ0v) is 11.2. The first-order chi connectivity index (χ1) is 7.56. The Labute approximate surface area is 99.7 Å². The Kier molecular flexibility index (Phi) is 7.39. The third-order valence-corrected chi connectivity index (χ3v) is 3.30. The van der Waals surface area contributed by atoms with E-state index in [1.165, 1.54) is 0 Å². The highest BCUT2D eigenvalue weighted by Gasteiger charge is 2.37. The summed E-state index contributed by atoms with van der Waals surface area (Å²) in [4.78, 5) is 12.0. The van der Waals surface area contributed by atoms with Crippen LogP contribution in [-0.2, 0) is 9.53 Å². The second-order valence-electron chi connectivity index (χ2n) is 4.66. The molecule has 0 aliphatic carbocycles. The summed E-state index contributed by atoms with van der Waals surface area (Å²) in [7, 11) is 0. The minimum absolute atomic E-state index is 0.122. The van der Waals surface area contributed by atoms with Crippen molar-refractivity contribution in [2.75, 3.05) is 13.2 Å². The van der Waals surface area contributed by atoms with Gasteiger partial charge in [-0.15, -0.1) is 0 Å². The molecule has 0 rings (SSSR count). The van der Waals surface area contributed by atoms with Crippen molar-refractivity contribution in [3.63, 3.8) is 0 Å². The molecule has 0 bridgehead atoms. The maximum atomic E-state index is 12.0. The van der Waals surface area contributed by atoms with Gasteiger partial charge in [0.25, 0.3) is 0 Å². The molecule has 0 spiro atoms. The van der Waals surface area contributed by atoms with Crippen LogP contribution in [0, 0.1) is 11.3 Å². The summed E-state index contributed by atoms with van der Waals surface area (Å²) in [5.41, 5.74) is 5.33. The highest BCUT2D eigenvalue weighted by Crippen LogP contribution is 2.32. The first-order valence-electron chi connectivity index (χ1n) is 6.43. The fraction of sp³-hybridized carbons (Fsp3) is 0.923. The lowest BCUT2D eigenvalue weighted by molar-refractivity contribution is -0.156. The standard InChI is InChI=1S/C13H27NO2/c1-5-8-11(4)9-13(6-2,10-14)12(15)16-7-3/h11H,5-10,14H2,1-4H3. The SMILES string of the molecule is CCCC(C)CC(CC)(CN)C(=O)OCC. The molecule has 0 heterocycles. The van der Waals surface area contributed by atoms with Gasteiger partial charge in [0.05, 0.1) is 12.0 Å². The minimum Gasteiger partial charge on any atom is -0.466 e. The van der Waals surface area contributed by atoms with E-state index in [1.54, 1.807) is 0 Å². The number of hydrogen-bond acceptors (Lipinski definition) is 3. The number of hydrogen-bond donors (Lipinski definition) is 1. The molecule has 0 saturated carbocycles. The number of carbonyl (C=O) groups excluding carboxylic acids is 1. The highest BCUT2D eigenvalue weighted by molar-refractivity contribution is 5.77. The maximum Gasteiger partial charge on any atom is 0.313 e. The largest absolute Gasteiger partial charge is 0.466 e. The molecule has 2 atom stereocenters. The van der Waals surface area contributed by atoms with Gasteiger partial charge in [-0.2, -0.15) is 0 Å². The van der Waals surface area contributed by atoms with Gasteiger partial charge in [0, 0.05) is 6.54 Å². The number of nitrogens with two attached hydrogens (primary N) is 1. The number of carbonyl (C=O) groups is 1. The molecule has 0 aromatic heterocycles. The van der Waals surface area contributed by atoms with E-state index < -0.39 is 5.41 Å². The molecule has 3 nitrogen and oxygen atoms in total. The Bertz CT molecular complexity index is 200. The Morgan fingerprint density at radius 2 is 2.00 bits per heavy atom. The van der Waals surface area contributed by atoms with Crippen LogP contribution in [0.5, 0.6) is 0 Å². The van der Waals surface area contributed by atoms with E-state index in [0.717, 1.165) is 25.7 Å². The van der Waals surface area contributed by atoms with E-state index in [-0.39, 0.29) is 5.97 Å². The van der Waals surface area contributed by atoms with Crippen LogP contribution in [0.3, 0.4) is 0 Å². The van der Waals surface area contributed by atoms with Gasteiger partial charge in [-0.25, -0.2) is 0 Å². The smallest absolute Gasteiger partial charge is 0.313 e. The van der Waals surface area contributed by atoms with E-state index in [9.17, 15) is 4.79 Å². The Morgan fingerprint density at radius 1 is 1.38 bits per heavy atom. The molecule has 2 N–H and O–H groups in total. The highest BCUT2D eigenvalue weighted by atomic mass is 16.5. The zero-order chi connectivity index (χ0) is 12.6. The van der Waals surface area contributed by atoms with Crippen molar-refractivity contribution in [2.24, 2.45) is 17.1 Å². The molecule has 0 aliphatic heterocycles. The fourth-order valence-corrected chi connectivity index (χ4v) is 2.23. The second kappa shape index (κ2) is 7.66. The monoisotopic (exact) mass is 229 g/mol. The quantitative estimate of drug-likeness (QED) is 0.651. The molecule has 0 fully saturated rings. The van der Waals surface area contributed by atoms with Crippen LogP contribution in [0.25, 0.3) is 0 Å². The van der Waals surface area contributed by atoms with E-state index >= 15 is 0 Å². The van der Waals surface area contributed by atoms with Crippen LogP contribution in [0.4, 0.5) is 0 Å². The normalized spacial score (nSPS) is 16.6. The summed E-state index contributed by atoms with van der Waals surface area (Å²) in [5, 5.41) is 0. The lowest BCUT2D eigenvalue weighted by Crippen LogP contribution is -2.41. The topological polar surface area (TPSA) is 52.3 Å². The van der Waals surface area contributed by atoms with Gasteiger partial charge in [0.2, 0.25) is 0 Å². The van der Waals surface area contributed by atoms with Crippen LogP contribution in [0.2, 0.25) is 0 Å². The van der Waals surface area contributed by atoms with Gasteiger partial charge in [-0.05, 0) is 25.7 Å². The van der Waals surface area contributed by atoms with E-state index in [4.69, 9.17) is 10.5 Å². The lowest BCUT2D eigenvalue weighted by Gasteiger charge is -2.31. The van der Waals surface area contributed by atoms with Crippen molar-refractivity contribution in [1.82, 2.24) is 0 Å². The van der Waals surface area contributed by atoms with E-state index in [2.05, 4.69) is 13.8 Å². The zero-order valence-electron chi connectivity index (χ0n) is 11.2. The molecular weight excluding hydrogens is 202 g/mol. The summed E-state index contributed by atoms with van der Waals surface area (Å²) in [5.74, 6) is 0.404. The van der Waals surface area contributed by atoms with Gasteiger partial charge >= 0.3 is 5.97 Å². The van der Waals surface area contributed by atoms with E-state index in [0.29, 0.717) is 19.1 Å². The molecule has 0 amide bonds. The van der Waals surface area contributed by atoms with Crippen molar-refractivity contribution in [2.45, 2.75) is 53.4 Å². The molecular formula is C13H27NO2. The van der Waals surface area contributed by atoms with Crippen LogP contribution in [0.1, 0.15) is 53.4 Å². The van der Waals surface area contributed by atoms with Crippen LogP contribution in [0.15, 0.2) is 0 Å². The van der Waals surface area contributed by atoms with Crippen molar-refractivity contribution < 1.29 is 9.53 Å². The summed E-state index contributed by atoms with van der Waals surface area (Å²) >= 11 is 0. The summed E-state index contributed by atoms with van der Waals surface area (Å²) in [6, 6.07) is 0. The summed E-state index contributed by atoms with van der Waals surface area (Å²) in [6.07, 6.45) is 3.89. The third-order valence-electron chi connectivity index (χ3n) is 3.30. The predicted molar refractivity (Wildman–Crippen MR) is 67.1 cm³/mol. The van der Waals surface area contributed by atoms with Crippen LogP contribution < -0.4 is 5.73 Å². The molecule has 0 radical (unpaired) electrons. The van der Waals surface area contributed by atoms with Crippen molar-refractivity contribution >= 4 is 5.97 Å². The Balaban J connectivity index is 4.60. The average molecular weight is 229 g/mol. The van der Waals surface area contributed by atoms with Gasteiger partial charge in [0.1, 0.15) is 0 Å². The Morgan fingerprint density at radius 3 is 2.38 bits per heavy atom. The van der Waals surface area contributed by atoms with Crippen LogP contribution >= 0.6 is 0 Å². The fourth-order valence-electron chi connectivity index (χ4n) is 2.23. The molecule has 16 heavy (non-hydrogen) atoms. The van der Waals surface area contributed by atoms with Gasteiger partial charge in [-0.3, -0.25) is 4.79 Å². The van der Waals surface area contributed by atoms with Crippen molar-refractivity contribution in [3.8, 4) is 0 Å². The van der Waals surface area contributed by atoms with Gasteiger partial charge in [-0.1, -0.05) is 33.6 Å². The van der Waals surface area contributed by atoms with Crippen molar-refractivity contribution in [1.29, 1.82) is 0 Å². The number of rotatable bonds is 8. The van der Waals surface area contributed by atoms with Gasteiger partial charge < -0.3 is 10.5 Å². The minimum atomic E-state index is -0.468. The molecule has 0 aliphatic rings. The van der Waals surface area contributed by atoms with Crippen molar-refractivity contribution in [3.05, 3.63) is 0 Å². The molecule has 2 unspecified atom stereocenters. The molecule has 3 heteroatoms. The number of ether oxygens (including phenoxy) is 1. The molecule has 96 valence electrons. The first-order valence-corrected chi connectivity index (χ1v) is 6.43.